The van der Waals surface area contributed by atoms with Crippen molar-refractivity contribution < 1.29 is 5.11 Å². The van der Waals surface area contributed by atoms with Crippen LogP contribution in [0.4, 0.5) is 0 Å². The average Bonchev–Trinajstić information content (AvgIpc) is 2.69. The molecule has 2 aromatic rings. The molecule has 4 nitrogen and oxygen atoms in total. The van der Waals surface area contributed by atoms with Crippen LogP contribution in [-0.4, -0.2) is 19.9 Å². The number of aryl methyl sites for hydroxylation is 3. The molecular formula is C14H19N3O. The van der Waals surface area contributed by atoms with Crippen molar-refractivity contribution in [3.05, 3.63) is 47.0 Å². The third-order valence-corrected chi connectivity index (χ3v) is 3.11. The van der Waals surface area contributed by atoms with Crippen LogP contribution in [0, 0.1) is 6.92 Å². The molecule has 1 unspecified atom stereocenters. The van der Waals surface area contributed by atoms with E-state index in [9.17, 15) is 5.11 Å². The number of rotatable bonds is 4. The lowest BCUT2D eigenvalue weighted by molar-refractivity contribution is 0.176. The molecule has 0 radical (unpaired) electrons. The molecule has 0 saturated heterocycles. The minimum absolute atomic E-state index is 0.524. The highest BCUT2D eigenvalue weighted by Gasteiger charge is 2.14. The van der Waals surface area contributed by atoms with Crippen molar-refractivity contribution in [2.24, 2.45) is 7.05 Å². The van der Waals surface area contributed by atoms with Gasteiger partial charge in [-0.25, -0.2) is 0 Å². The van der Waals surface area contributed by atoms with Crippen LogP contribution in [0.1, 0.15) is 35.5 Å². The van der Waals surface area contributed by atoms with E-state index in [0.29, 0.717) is 6.42 Å². The van der Waals surface area contributed by atoms with E-state index in [1.807, 2.05) is 32.4 Å². The summed E-state index contributed by atoms with van der Waals surface area (Å²) in [5, 5.41) is 14.4. The van der Waals surface area contributed by atoms with Gasteiger partial charge in [0, 0.05) is 37.1 Å². The van der Waals surface area contributed by atoms with Crippen molar-refractivity contribution in [2.45, 2.75) is 32.8 Å². The maximum Gasteiger partial charge on any atom is 0.0878 e. The van der Waals surface area contributed by atoms with Crippen LogP contribution in [0.5, 0.6) is 0 Å². The Balaban J connectivity index is 2.10. The summed E-state index contributed by atoms with van der Waals surface area (Å²) >= 11 is 0. The highest BCUT2D eigenvalue weighted by atomic mass is 16.3. The molecule has 4 heteroatoms. The van der Waals surface area contributed by atoms with Crippen molar-refractivity contribution in [2.75, 3.05) is 0 Å². The fourth-order valence-electron chi connectivity index (χ4n) is 2.04. The first-order chi connectivity index (χ1) is 8.60. The zero-order chi connectivity index (χ0) is 13.1. The van der Waals surface area contributed by atoms with Crippen molar-refractivity contribution in [1.82, 2.24) is 14.8 Å². The van der Waals surface area contributed by atoms with Crippen LogP contribution >= 0.6 is 0 Å². The molecule has 0 spiro atoms. The molecule has 0 aliphatic heterocycles. The van der Waals surface area contributed by atoms with Crippen molar-refractivity contribution in [3.8, 4) is 0 Å². The van der Waals surface area contributed by atoms with Crippen LogP contribution in [0.25, 0.3) is 0 Å². The van der Waals surface area contributed by atoms with Gasteiger partial charge in [-0.2, -0.15) is 5.10 Å². The fourth-order valence-corrected chi connectivity index (χ4v) is 2.04. The molecule has 0 amide bonds. The Morgan fingerprint density at radius 2 is 2.17 bits per heavy atom. The Morgan fingerprint density at radius 3 is 2.67 bits per heavy atom. The fraction of sp³-hybridized carbons (Fsp3) is 0.429. The molecule has 2 heterocycles. The monoisotopic (exact) mass is 245 g/mol. The summed E-state index contributed by atoms with van der Waals surface area (Å²) in [4.78, 5) is 4.36. The van der Waals surface area contributed by atoms with E-state index in [0.717, 1.165) is 23.4 Å². The lowest BCUT2D eigenvalue weighted by atomic mass is 10.1. The molecule has 2 rings (SSSR count). The van der Waals surface area contributed by atoms with Gasteiger partial charge in [0.25, 0.3) is 0 Å². The van der Waals surface area contributed by atoms with E-state index in [1.54, 1.807) is 4.68 Å². The topological polar surface area (TPSA) is 50.9 Å². The first-order valence-electron chi connectivity index (χ1n) is 6.22. The van der Waals surface area contributed by atoms with Gasteiger partial charge in [0.15, 0.2) is 0 Å². The molecule has 0 fully saturated rings. The van der Waals surface area contributed by atoms with Gasteiger partial charge in [0.05, 0.1) is 11.8 Å². The number of nitrogens with zero attached hydrogens (tertiary/aromatic N) is 3. The second kappa shape index (κ2) is 5.31. The molecule has 18 heavy (non-hydrogen) atoms. The van der Waals surface area contributed by atoms with Crippen LogP contribution in [-0.2, 0) is 19.9 Å². The largest absolute Gasteiger partial charge is 0.388 e. The van der Waals surface area contributed by atoms with Crippen LogP contribution in [0.15, 0.2) is 24.5 Å². The summed E-state index contributed by atoms with van der Waals surface area (Å²) in [6, 6.07) is 4.04. The Bertz CT molecular complexity index is 516. The number of aliphatic hydroxyl groups excluding tert-OH is 1. The van der Waals surface area contributed by atoms with Crippen molar-refractivity contribution >= 4 is 0 Å². The van der Waals surface area contributed by atoms with Crippen LogP contribution in [0.3, 0.4) is 0 Å². The van der Waals surface area contributed by atoms with E-state index in [4.69, 9.17) is 0 Å². The zero-order valence-electron chi connectivity index (χ0n) is 11.1. The first-order valence-corrected chi connectivity index (χ1v) is 6.22. The molecular weight excluding hydrogens is 226 g/mol. The smallest absolute Gasteiger partial charge is 0.0878 e. The van der Waals surface area contributed by atoms with Gasteiger partial charge in [-0.05, 0) is 25.0 Å². The van der Waals surface area contributed by atoms with E-state index in [-0.39, 0.29) is 0 Å². The summed E-state index contributed by atoms with van der Waals surface area (Å²) < 4.78 is 1.72. The lowest BCUT2D eigenvalue weighted by Crippen LogP contribution is -2.04. The Labute approximate surface area is 107 Å². The van der Waals surface area contributed by atoms with E-state index >= 15 is 0 Å². The van der Waals surface area contributed by atoms with Crippen molar-refractivity contribution in [1.29, 1.82) is 0 Å². The summed E-state index contributed by atoms with van der Waals surface area (Å²) in [6.45, 7) is 4.01. The van der Waals surface area contributed by atoms with Crippen LogP contribution in [0.2, 0.25) is 0 Å². The molecule has 0 bridgehead atoms. The van der Waals surface area contributed by atoms with Gasteiger partial charge >= 0.3 is 0 Å². The van der Waals surface area contributed by atoms with E-state index in [2.05, 4.69) is 23.1 Å². The molecule has 2 aromatic heterocycles. The molecule has 96 valence electrons. The molecule has 0 saturated carbocycles. The molecule has 0 aliphatic carbocycles. The maximum absolute atomic E-state index is 10.2. The minimum atomic E-state index is -0.543. The highest BCUT2D eigenvalue weighted by molar-refractivity contribution is 5.21. The number of hydrogen-bond donors (Lipinski definition) is 1. The van der Waals surface area contributed by atoms with Gasteiger partial charge in [0.2, 0.25) is 0 Å². The third-order valence-electron chi connectivity index (χ3n) is 3.11. The SMILES string of the molecule is CCc1ccc(CC(O)c2cn(C)nc2C)nc1. The highest BCUT2D eigenvalue weighted by Crippen LogP contribution is 2.19. The molecule has 0 aromatic carbocycles. The summed E-state index contributed by atoms with van der Waals surface area (Å²) in [7, 11) is 1.86. The Morgan fingerprint density at radius 1 is 1.39 bits per heavy atom. The summed E-state index contributed by atoms with van der Waals surface area (Å²) in [6.07, 6.45) is 4.70. The summed E-state index contributed by atoms with van der Waals surface area (Å²) in [5.41, 5.74) is 3.86. The van der Waals surface area contributed by atoms with E-state index in [1.165, 1.54) is 5.56 Å². The normalized spacial score (nSPS) is 12.7. The first kappa shape index (κ1) is 12.8. The van der Waals surface area contributed by atoms with Gasteiger partial charge in [-0.3, -0.25) is 9.67 Å². The standard InChI is InChI=1S/C14H19N3O/c1-4-11-5-6-12(15-8-11)7-14(18)13-9-17(3)16-10(13)2/h5-6,8-9,14,18H,4,7H2,1-3H3. The number of aromatic nitrogens is 3. The number of hydrogen-bond acceptors (Lipinski definition) is 3. The predicted octanol–water partition coefficient (Wildman–Crippen LogP) is 1.96. The maximum atomic E-state index is 10.2. The van der Waals surface area contributed by atoms with Gasteiger partial charge in [-0.15, -0.1) is 0 Å². The van der Waals surface area contributed by atoms with Crippen LogP contribution < -0.4 is 0 Å². The number of aliphatic hydroxyl groups is 1. The quantitative estimate of drug-likeness (QED) is 0.896. The van der Waals surface area contributed by atoms with Gasteiger partial charge < -0.3 is 5.11 Å². The average molecular weight is 245 g/mol. The van der Waals surface area contributed by atoms with Gasteiger partial charge in [0.1, 0.15) is 0 Å². The predicted molar refractivity (Wildman–Crippen MR) is 70.2 cm³/mol. The third kappa shape index (κ3) is 2.76. The molecule has 1 atom stereocenters. The zero-order valence-corrected chi connectivity index (χ0v) is 11.1. The lowest BCUT2D eigenvalue weighted by Gasteiger charge is -2.09. The van der Waals surface area contributed by atoms with E-state index < -0.39 is 6.10 Å². The Hall–Kier alpha value is -1.68. The summed E-state index contributed by atoms with van der Waals surface area (Å²) in [5.74, 6) is 0. The second-order valence-electron chi connectivity index (χ2n) is 4.57. The van der Waals surface area contributed by atoms with Crippen molar-refractivity contribution in [3.63, 3.8) is 0 Å². The number of pyridine rings is 1. The molecule has 0 aliphatic rings. The minimum Gasteiger partial charge on any atom is -0.388 e. The molecule has 1 N–H and O–H groups in total. The van der Waals surface area contributed by atoms with Gasteiger partial charge in [-0.1, -0.05) is 13.0 Å². The second-order valence-corrected chi connectivity index (χ2v) is 4.57. The Kier molecular flexibility index (Phi) is 3.77.